The van der Waals surface area contributed by atoms with Crippen molar-refractivity contribution < 1.29 is 0 Å². The molecule has 0 aliphatic rings. The molecule has 0 spiro atoms. The second-order valence-electron chi connectivity index (χ2n) is 4.06. The average Bonchev–Trinajstić information content (AvgIpc) is 2.69. The van der Waals surface area contributed by atoms with Crippen LogP contribution in [0.1, 0.15) is 31.2 Å². The fourth-order valence-electron chi connectivity index (χ4n) is 1.65. The van der Waals surface area contributed by atoms with Crippen LogP contribution in [0.3, 0.4) is 0 Å². The van der Waals surface area contributed by atoms with Crippen LogP contribution in [0.2, 0.25) is 5.15 Å². The van der Waals surface area contributed by atoms with Gasteiger partial charge in [-0.25, -0.2) is 9.97 Å². The Hall–Kier alpha value is -1.35. The number of halogens is 1. The molecule has 0 saturated heterocycles. The maximum absolute atomic E-state index is 5.75. The molecule has 0 unspecified atom stereocenters. The first kappa shape index (κ1) is 11.1. The lowest BCUT2D eigenvalue weighted by molar-refractivity contribution is 0.668. The van der Waals surface area contributed by atoms with Crippen molar-refractivity contribution >= 4 is 11.6 Å². The quantitative estimate of drug-likeness (QED) is 0.766. The molecule has 0 atom stereocenters. The van der Waals surface area contributed by atoms with Crippen LogP contribution in [-0.2, 0) is 6.54 Å². The summed E-state index contributed by atoms with van der Waals surface area (Å²) in [5.41, 5.74) is 1.13. The number of hydrogen-bond donors (Lipinski definition) is 0. The number of aromatic nitrogens is 3. The molecule has 0 radical (unpaired) electrons. The number of rotatable bonds is 3. The van der Waals surface area contributed by atoms with Crippen LogP contribution in [0.4, 0.5) is 0 Å². The first-order valence-electron chi connectivity index (χ1n) is 5.28. The molecule has 2 aromatic rings. The molecule has 0 aliphatic heterocycles. The minimum absolute atomic E-state index is 0.426. The lowest BCUT2D eigenvalue weighted by atomic mass is 10.2. The highest BCUT2D eigenvalue weighted by Crippen LogP contribution is 2.14. The van der Waals surface area contributed by atoms with Gasteiger partial charge in [0, 0.05) is 24.5 Å². The first-order valence-corrected chi connectivity index (χ1v) is 5.66. The molecule has 3 nitrogen and oxygen atoms in total. The molecule has 16 heavy (non-hydrogen) atoms. The molecule has 2 aromatic heterocycles. The van der Waals surface area contributed by atoms with Gasteiger partial charge in [-0.1, -0.05) is 31.5 Å². The zero-order chi connectivity index (χ0) is 11.5. The fourth-order valence-corrected chi connectivity index (χ4v) is 1.76. The van der Waals surface area contributed by atoms with Gasteiger partial charge in [-0.2, -0.15) is 0 Å². The van der Waals surface area contributed by atoms with E-state index in [0.29, 0.717) is 11.1 Å². The van der Waals surface area contributed by atoms with Crippen LogP contribution in [0.5, 0.6) is 0 Å². The lowest BCUT2D eigenvalue weighted by Crippen LogP contribution is -2.05. The van der Waals surface area contributed by atoms with Gasteiger partial charge in [-0.05, 0) is 11.6 Å². The zero-order valence-corrected chi connectivity index (χ0v) is 10.1. The monoisotopic (exact) mass is 235 g/mol. The van der Waals surface area contributed by atoms with Crippen LogP contribution in [0.15, 0.2) is 30.7 Å². The van der Waals surface area contributed by atoms with E-state index < -0.39 is 0 Å². The molecule has 0 bridgehead atoms. The Morgan fingerprint density at radius 2 is 2.12 bits per heavy atom. The first-order chi connectivity index (χ1) is 7.66. The molecule has 0 aliphatic carbocycles. The van der Waals surface area contributed by atoms with Crippen molar-refractivity contribution in [3.05, 3.63) is 47.3 Å². The van der Waals surface area contributed by atoms with E-state index in [4.69, 9.17) is 11.6 Å². The summed E-state index contributed by atoms with van der Waals surface area (Å²) < 4.78 is 2.13. The number of imidazole rings is 1. The highest BCUT2D eigenvalue weighted by molar-refractivity contribution is 6.29. The highest BCUT2D eigenvalue weighted by atomic mass is 35.5. The zero-order valence-electron chi connectivity index (χ0n) is 9.39. The smallest absolute Gasteiger partial charge is 0.129 e. The molecule has 0 amide bonds. The Kier molecular flexibility index (Phi) is 3.25. The molecular weight excluding hydrogens is 222 g/mol. The van der Waals surface area contributed by atoms with Crippen molar-refractivity contribution in [2.24, 2.45) is 0 Å². The Bertz CT molecular complexity index is 459. The van der Waals surface area contributed by atoms with Crippen molar-refractivity contribution in [1.29, 1.82) is 0 Å². The van der Waals surface area contributed by atoms with Gasteiger partial charge in [0.2, 0.25) is 0 Å². The molecule has 0 fully saturated rings. The second kappa shape index (κ2) is 4.66. The van der Waals surface area contributed by atoms with Crippen molar-refractivity contribution in [3.63, 3.8) is 0 Å². The fraction of sp³-hybridized carbons (Fsp3) is 0.333. The Balaban J connectivity index is 2.20. The molecule has 0 N–H and O–H groups in total. The Morgan fingerprint density at radius 1 is 1.31 bits per heavy atom. The van der Waals surface area contributed by atoms with Gasteiger partial charge in [0.25, 0.3) is 0 Å². The number of hydrogen-bond acceptors (Lipinski definition) is 2. The van der Waals surface area contributed by atoms with Crippen LogP contribution >= 0.6 is 11.6 Å². The van der Waals surface area contributed by atoms with Gasteiger partial charge in [-0.15, -0.1) is 0 Å². The van der Waals surface area contributed by atoms with Gasteiger partial charge in [0.15, 0.2) is 0 Å². The van der Waals surface area contributed by atoms with Crippen LogP contribution in [-0.4, -0.2) is 14.5 Å². The Labute approximate surface area is 100 Å². The van der Waals surface area contributed by atoms with Crippen molar-refractivity contribution in [2.75, 3.05) is 0 Å². The third kappa shape index (κ3) is 2.42. The lowest BCUT2D eigenvalue weighted by Gasteiger charge is -2.09. The molecule has 2 rings (SSSR count). The second-order valence-corrected chi connectivity index (χ2v) is 4.44. The third-order valence-corrected chi connectivity index (χ3v) is 2.63. The van der Waals surface area contributed by atoms with Crippen LogP contribution < -0.4 is 0 Å². The van der Waals surface area contributed by atoms with E-state index in [0.717, 1.165) is 17.9 Å². The highest BCUT2D eigenvalue weighted by Gasteiger charge is 2.07. The molecular formula is C12H14ClN3. The SMILES string of the molecule is CC(C)c1nccn1Cc1ccc(Cl)nc1. The largest absolute Gasteiger partial charge is 0.330 e. The van der Waals surface area contributed by atoms with Gasteiger partial charge in [0.05, 0.1) is 6.54 Å². The normalized spacial score (nSPS) is 11.0. The summed E-state index contributed by atoms with van der Waals surface area (Å²) in [4.78, 5) is 8.41. The van der Waals surface area contributed by atoms with E-state index in [9.17, 15) is 0 Å². The summed E-state index contributed by atoms with van der Waals surface area (Å²) in [5, 5.41) is 0.526. The summed E-state index contributed by atoms with van der Waals surface area (Å²) in [6.45, 7) is 5.07. The maximum atomic E-state index is 5.75. The van der Waals surface area contributed by atoms with E-state index in [2.05, 4.69) is 28.4 Å². The standard InChI is InChI=1S/C12H14ClN3/c1-9(2)12-14-5-6-16(12)8-10-3-4-11(13)15-7-10/h3-7,9H,8H2,1-2H3. The summed E-state index contributed by atoms with van der Waals surface area (Å²) in [6, 6.07) is 3.79. The van der Waals surface area contributed by atoms with E-state index >= 15 is 0 Å². The predicted octanol–water partition coefficient (Wildman–Crippen LogP) is 3.10. The molecule has 0 aromatic carbocycles. The summed E-state index contributed by atoms with van der Waals surface area (Å²) in [7, 11) is 0. The molecule has 2 heterocycles. The van der Waals surface area contributed by atoms with Crippen LogP contribution in [0.25, 0.3) is 0 Å². The van der Waals surface area contributed by atoms with Crippen LogP contribution in [0, 0.1) is 0 Å². The average molecular weight is 236 g/mol. The third-order valence-electron chi connectivity index (χ3n) is 2.41. The number of nitrogens with zero attached hydrogens (tertiary/aromatic N) is 3. The van der Waals surface area contributed by atoms with E-state index in [-0.39, 0.29) is 0 Å². The van der Waals surface area contributed by atoms with E-state index in [1.807, 2.05) is 24.5 Å². The minimum atomic E-state index is 0.426. The van der Waals surface area contributed by atoms with Crippen molar-refractivity contribution in [1.82, 2.24) is 14.5 Å². The maximum Gasteiger partial charge on any atom is 0.129 e. The minimum Gasteiger partial charge on any atom is -0.330 e. The predicted molar refractivity (Wildman–Crippen MR) is 64.7 cm³/mol. The van der Waals surface area contributed by atoms with Crippen molar-refractivity contribution in [3.8, 4) is 0 Å². The van der Waals surface area contributed by atoms with E-state index in [1.54, 1.807) is 6.20 Å². The molecule has 84 valence electrons. The van der Waals surface area contributed by atoms with Gasteiger partial charge >= 0.3 is 0 Å². The Morgan fingerprint density at radius 3 is 2.75 bits per heavy atom. The van der Waals surface area contributed by atoms with Gasteiger partial charge in [-0.3, -0.25) is 0 Å². The molecule has 4 heteroatoms. The van der Waals surface area contributed by atoms with Crippen molar-refractivity contribution in [2.45, 2.75) is 26.3 Å². The number of pyridine rings is 1. The topological polar surface area (TPSA) is 30.7 Å². The summed E-state index contributed by atoms with van der Waals surface area (Å²) in [5.74, 6) is 1.52. The van der Waals surface area contributed by atoms with Gasteiger partial charge < -0.3 is 4.57 Å². The van der Waals surface area contributed by atoms with E-state index in [1.165, 1.54) is 0 Å². The summed E-state index contributed by atoms with van der Waals surface area (Å²) in [6.07, 6.45) is 5.62. The summed E-state index contributed by atoms with van der Waals surface area (Å²) >= 11 is 5.75. The molecule has 0 saturated carbocycles. The van der Waals surface area contributed by atoms with Gasteiger partial charge in [0.1, 0.15) is 11.0 Å².